The fourth-order valence-corrected chi connectivity index (χ4v) is 4.11. The number of rotatable bonds is 4. The first kappa shape index (κ1) is 18.3. The van der Waals surface area contributed by atoms with Gasteiger partial charge in [0.05, 0.1) is 12.5 Å². The van der Waals surface area contributed by atoms with Crippen molar-refractivity contribution in [2.75, 3.05) is 6.61 Å². The first-order valence-electron chi connectivity index (χ1n) is 9.42. The molecule has 1 aliphatic rings. The number of carbonyl (C=O) groups excluding carboxylic acids is 1. The second-order valence-electron chi connectivity index (χ2n) is 6.83. The molecule has 3 aromatic rings. The summed E-state index contributed by atoms with van der Waals surface area (Å²) in [5, 5.41) is 12.0. The van der Waals surface area contributed by atoms with Crippen LogP contribution in [0.1, 0.15) is 35.1 Å². The minimum atomic E-state index is -1.48. The standard InChI is InChI=1S/C24H22O4/c1-2-27-23(25)28-22-21(17-11-5-3-6-12-17)19-15-9-10-16-20(19)24(22,26)18-13-7-4-8-14-18/h3-16,21-22,26H,2H2,1H3. The first-order valence-corrected chi connectivity index (χ1v) is 9.42. The smallest absolute Gasteiger partial charge is 0.435 e. The molecular weight excluding hydrogens is 352 g/mol. The van der Waals surface area contributed by atoms with E-state index >= 15 is 0 Å². The lowest BCUT2D eigenvalue weighted by molar-refractivity contribution is -0.0716. The zero-order valence-electron chi connectivity index (χ0n) is 15.6. The van der Waals surface area contributed by atoms with Crippen LogP contribution in [0.2, 0.25) is 0 Å². The summed E-state index contributed by atoms with van der Waals surface area (Å²) in [5.74, 6) is -0.313. The monoisotopic (exact) mass is 374 g/mol. The van der Waals surface area contributed by atoms with Crippen LogP contribution >= 0.6 is 0 Å². The van der Waals surface area contributed by atoms with Crippen molar-refractivity contribution >= 4 is 6.16 Å². The van der Waals surface area contributed by atoms with Crippen LogP contribution in [0.5, 0.6) is 0 Å². The Kier molecular flexibility index (Phi) is 4.88. The minimum Gasteiger partial charge on any atom is -0.435 e. The summed E-state index contributed by atoms with van der Waals surface area (Å²) in [6.07, 6.45) is -1.63. The second kappa shape index (κ2) is 7.49. The van der Waals surface area contributed by atoms with Gasteiger partial charge in [-0.3, -0.25) is 0 Å². The van der Waals surface area contributed by atoms with Gasteiger partial charge in [0.25, 0.3) is 0 Å². The molecule has 3 unspecified atom stereocenters. The number of benzene rings is 3. The summed E-state index contributed by atoms with van der Waals surface area (Å²) < 4.78 is 10.8. The van der Waals surface area contributed by atoms with Gasteiger partial charge in [-0.25, -0.2) is 4.79 Å². The molecule has 0 amide bonds. The van der Waals surface area contributed by atoms with E-state index < -0.39 is 17.9 Å². The molecule has 0 fully saturated rings. The van der Waals surface area contributed by atoms with E-state index in [4.69, 9.17) is 9.47 Å². The maximum Gasteiger partial charge on any atom is 0.508 e. The lowest BCUT2D eigenvalue weighted by atomic mass is 9.83. The zero-order chi connectivity index (χ0) is 19.6. The Balaban J connectivity index is 1.91. The third-order valence-corrected chi connectivity index (χ3v) is 5.28. The van der Waals surface area contributed by atoms with Crippen molar-refractivity contribution in [2.45, 2.75) is 24.5 Å². The SMILES string of the molecule is CCOC(=O)OC1C(c2ccccc2)c2ccccc2C1(O)c1ccccc1. The molecule has 142 valence electrons. The van der Waals surface area contributed by atoms with Crippen molar-refractivity contribution in [2.24, 2.45) is 0 Å². The normalized spacial score (nSPS) is 23.1. The Labute approximate surface area is 164 Å². The summed E-state index contributed by atoms with van der Waals surface area (Å²) in [4.78, 5) is 12.3. The molecule has 3 atom stereocenters. The summed E-state index contributed by atoms with van der Waals surface area (Å²) in [7, 11) is 0. The topological polar surface area (TPSA) is 55.8 Å². The largest absolute Gasteiger partial charge is 0.508 e. The van der Waals surface area contributed by atoms with E-state index in [0.717, 1.165) is 16.7 Å². The molecule has 3 aromatic carbocycles. The molecule has 0 aromatic heterocycles. The molecule has 4 rings (SSSR count). The summed E-state index contributed by atoms with van der Waals surface area (Å²) in [6, 6.07) is 26.8. The summed E-state index contributed by atoms with van der Waals surface area (Å²) in [6.45, 7) is 1.93. The quantitative estimate of drug-likeness (QED) is 0.678. The lowest BCUT2D eigenvalue weighted by Gasteiger charge is -2.33. The average molecular weight is 374 g/mol. The Bertz CT molecular complexity index is 955. The van der Waals surface area contributed by atoms with Crippen LogP contribution in [0.3, 0.4) is 0 Å². The van der Waals surface area contributed by atoms with E-state index in [1.165, 1.54) is 0 Å². The molecule has 4 heteroatoms. The van der Waals surface area contributed by atoms with Gasteiger partial charge in [-0.1, -0.05) is 84.9 Å². The molecular formula is C24H22O4. The highest BCUT2D eigenvalue weighted by atomic mass is 16.7. The van der Waals surface area contributed by atoms with Crippen LogP contribution < -0.4 is 0 Å². The number of hydrogen-bond acceptors (Lipinski definition) is 4. The first-order chi connectivity index (χ1) is 13.7. The van der Waals surface area contributed by atoms with Crippen molar-refractivity contribution in [3.8, 4) is 0 Å². The Morgan fingerprint density at radius 3 is 2.21 bits per heavy atom. The van der Waals surface area contributed by atoms with Gasteiger partial charge in [0.15, 0.2) is 11.7 Å². The van der Waals surface area contributed by atoms with E-state index in [-0.39, 0.29) is 12.5 Å². The van der Waals surface area contributed by atoms with Gasteiger partial charge in [-0.2, -0.15) is 0 Å². The van der Waals surface area contributed by atoms with Crippen molar-refractivity contribution < 1.29 is 19.4 Å². The van der Waals surface area contributed by atoms with Crippen LogP contribution in [0.4, 0.5) is 4.79 Å². The highest BCUT2D eigenvalue weighted by Crippen LogP contribution is 2.52. The molecule has 1 N–H and O–H groups in total. The molecule has 0 radical (unpaired) electrons. The Hall–Kier alpha value is -3.11. The average Bonchev–Trinajstić information content (AvgIpc) is 2.99. The van der Waals surface area contributed by atoms with E-state index in [1.807, 2.05) is 84.9 Å². The van der Waals surface area contributed by atoms with Crippen LogP contribution in [0, 0.1) is 0 Å². The molecule has 0 heterocycles. The van der Waals surface area contributed by atoms with Crippen LogP contribution in [-0.2, 0) is 15.1 Å². The van der Waals surface area contributed by atoms with Crippen LogP contribution in [0.15, 0.2) is 84.9 Å². The van der Waals surface area contributed by atoms with Crippen molar-refractivity contribution in [1.29, 1.82) is 0 Å². The number of ether oxygens (including phenoxy) is 2. The molecule has 0 saturated carbocycles. The van der Waals surface area contributed by atoms with E-state index in [2.05, 4.69) is 0 Å². The highest BCUT2D eigenvalue weighted by molar-refractivity contribution is 5.63. The number of fused-ring (bicyclic) bond motifs is 1. The van der Waals surface area contributed by atoms with Crippen LogP contribution in [0.25, 0.3) is 0 Å². The third-order valence-electron chi connectivity index (χ3n) is 5.28. The van der Waals surface area contributed by atoms with E-state index in [1.54, 1.807) is 6.92 Å². The Morgan fingerprint density at radius 1 is 0.929 bits per heavy atom. The molecule has 28 heavy (non-hydrogen) atoms. The summed E-state index contributed by atoms with van der Waals surface area (Å²) >= 11 is 0. The van der Waals surface area contributed by atoms with Gasteiger partial charge in [0.1, 0.15) is 0 Å². The third kappa shape index (κ3) is 2.96. The maximum atomic E-state index is 12.3. The second-order valence-corrected chi connectivity index (χ2v) is 6.83. The molecule has 4 nitrogen and oxygen atoms in total. The van der Waals surface area contributed by atoms with Gasteiger partial charge in [0.2, 0.25) is 0 Å². The summed E-state index contributed by atoms with van der Waals surface area (Å²) in [5.41, 5.74) is 1.84. The predicted octanol–water partition coefficient (Wildman–Crippen LogP) is 4.61. The number of carbonyl (C=O) groups is 1. The lowest BCUT2D eigenvalue weighted by Crippen LogP contribution is -2.42. The number of hydrogen-bond donors (Lipinski definition) is 1. The van der Waals surface area contributed by atoms with Gasteiger partial charge in [0, 0.05) is 0 Å². The maximum absolute atomic E-state index is 12.3. The van der Waals surface area contributed by atoms with Crippen LogP contribution in [-0.4, -0.2) is 24.0 Å². The van der Waals surface area contributed by atoms with Crippen molar-refractivity contribution in [3.05, 3.63) is 107 Å². The Morgan fingerprint density at radius 2 is 1.54 bits per heavy atom. The number of aliphatic hydroxyl groups is 1. The highest BCUT2D eigenvalue weighted by Gasteiger charge is 2.55. The van der Waals surface area contributed by atoms with Gasteiger partial charge in [-0.05, 0) is 29.2 Å². The molecule has 0 spiro atoms. The van der Waals surface area contributed by atoms with Crippen molar-refractivity contribution in [3.63, 3.8) is 0 Å². The molecule has 0 bridgehead atoms. The predicted molar refractivity (Wildman–Crippen MR) is 106 cm³/mol. The molecule has 0 saturated heterocycles. The van der Waals surface area contributed by atoms with E-state index in [9.17, 15) is 9.90 Å². The minimum absolute atomic E-state index is 0.207. The fourth-order valence-electron chi connectivity index (χ4n) is 4.11. The van der Waals surface area contributed by atoms with Gasteiger partial charge < -0.3 is 14.6 Å². The van der Waals surface area contributed by atoms with E-state index in [0.29, 0.717) is 5.56 Å². The zero-order valence-corrected chi connectivity index (χ0v) is 15.6. The molecule has 1 aliphatic carbocycles. The fraction of sp³-hybridized carbons (Fsp3) is 0.208. The van der Waals surface area contributed by atoms with Gasteiger partial charge >= 0.3 is 6.16 Å². The molecule has 0 aliphatic heterocycles. The van der Waals surface area contributed by atoms with Crippen molar-refractivity contribution in [1.82, 2.24) is 0 Å². The van der Waals surface area contributed by atoms with Gasteiger partial charge in [-0.15, -0.1) is 0 Å².